The summed E-state index contributed by atoms with van der Waals surface area (Å²) in [5.74, 6) is 2.17. The average molecular weight is 293 g/mol. The lowest BCUT2D eigenvalue weighted by Crippen LogP contribution is -2.38. The van der Waals surface area contributed by atoms with Crippen LogP contribution in [0.3, 0.4) is 0 Å². The van der Waals surface area contributed by atoms with E-state index in [0.717, 1.165) is 17.2 Å². The molecule has 1 heterocycles. The Balaban J connectivity index is 3.13. The predicted octanol–water partition coefficient (Wildman–Crippen LogP) is 2.06. The summed E-state index contributed by atoms with van der Waals surface area (Å²) in [4.78, 5) is 21.0. The number of carbonyl (C=O) groups excluding carboxylic acids is 1. The van der Waals surface area contributed by atoms with Crippen molar-refractivity contribution < 1.29 is 4.79 Å². The van der Waals surface area contributed by atoms with Crippen LogP contribution in [-0.2, 0) is 10.2 Å². The number of nitrogens with zero attached hydrogens (tertiary/aromatic N) is 2. The Morgan fingerprint density at radius 2 is 1.81 bits per heavy atom. The highest BCUT2D eigenvalue weighted by Gasteiger charge is 2.22. The fraction of sp³-hybridized carbons (Fsp3) is 0.667. The van der Waals surface area contributed by atoms with Gasteiger partial charge in [-0.1, -0.05) is 20.8 Å². The lowest BCUT2D eigenvalue weighted by Gasteiger charge is -2.22. The lowest BCUT2D eigenvalue weighted by atomic mass is 9.95. The molecule has 0 saturated carbocycles. The molecule has 0 aliphatic carbocycles. The fourth-order valence-corrected chi connectivity index (χ4v) is 1.83. The second kappa shape index (κ2) is 6.74. The number of anilines is 2. The highest BCUT2D eigenvalue weighted by molar-refractivity contribution is 5.84. The van der Waals surface area contributed by atoms with Crippen LogP contribution >= 0.6 is 0 Å². The molecule has 3 N–H and O–H groups in total. The van der Waals surface area contributed by atoms with Gasteiger partial charge in [0.15, 0.2) is 0 Å². The summed E-state index contributed by atoms with van der Waals surface area (Å²) in [6.45, 7) is 12.5. The third kappa shape index (κ3) is 4.31. The maximum Gasteiger partial charge on any atom is 0.242 e. The number of nitrogens with one attached hydrogen (secondary N) is 3. The number of amides is 1. The van der Waals surface area contributed by atoms with Crippen molar-refractivity contribution >= 4 is 17.5 Å². The first-order valence-electron chi connectivity index (χ1n) is 7.31. The second-order valence-electron chi connectivity index (χ2n) is 6.13. The van der Waals surface area contributed by atoms with E-state index in [1.165, 1.54) is 0 Å². The molecule has 0 aliphatic rings. The van der Waals surface area contributed by atoms with Gasteiger partial charge in [0.25, 0.3) is 0 Å². The largest absolute Gasteiger partial charge is 0.373 e. The highest BCUT2D eigenvalue weighted by atomic mass is 16.2. The van der Waals surface area contributed by atoms with Gasteiger partial charge >= 0.3 is 0 Å². The zero-order chi connectivity index (χ0) is 16.2. The van der Waals surface area contributed by atoms with Gasteiger partial charge in [-0.25, -0.2) is 9.97 Å². The van der Waals surface area contributed by atoms with Gasteiger partial charge in [-0.05, 0) is 20.8 Å². The van der Waals surface area contributed by atoms with Gasteiger partial charge in [0.2, 0.25) is 5.91 Å². The molecule has 0 radical (unpaired) electrons. The highest BCUT2D eigenvalue weighted by Crippen LogP contribution is 2.26. The van der Waals surface area contributed by atoms with E-state index in [9.17, 15) is 4.79 Å². The molecule has 1 unspecified atom stereocenters. The van der Waals surface area contributed by atoms with Crippen LogP contribution in [0.1, 0.15) is 46.0 Å². The van der Waals surface area contributed by atoms with Crippen molar-refractivity contribution in [2.45, 2.75) is 53.0 Å². The molecule has 0 fully saturated rings. The second-order valence-corrected chi connectivity index (χ2v) is 6.13. The first kappa shape index (κ1) is 17.2. The van der Waals surface area contributed by atoms with Crippen LogP contribution in [0, 0.1) is 6.92 Å². The van der Waals surface area contributed by atoms with E-state index in [4.69, 9.17) is 0 Å². The molecule has 1 rings (SSSR count). The van der Waals surface area contributed by atoms with E-state index in [2.05, 4.69) is 46.7 Å². The molecule has 1 aromatic rings. The van der Waals surface area contributed by atoms with Gasteiger partial charge in [-0.3, -0.25) is 4.79 Å². The Hall–Kier alpha value is -1.85. The van der Waals surface area contributed by atoms with Gasteiger partial charge in [0.1, 0.15) is 23.5 Å². The van der Waals surface area contributed by atoms with Crippen molar-refractivity contribution in [3.63, 3.8) is 0 Å². The van der Waals surface area contributed by atoms with Gasteiger partial charge in [-0.15, -0.1) is 0 Å². The summed E-state index contributed by atoms with van der Waals surface area (Å²) < 4.78 is 0. The first-order chi connectivity index (χ1) is 9.70. The normalized spacial score (nSPS) is 12.7. The summed E-state index contributed by atoms with van der Waals surface area (Å²) >= 11 is 0. The van der Waals surface area contributed by atoms with Crippen molar-refractivity contribution in [2.75, 3.05) is 24.2 Å². The number of likely N-dealkylation sites (N-methyl/N-ethyl adjacent to an activating group) is 1. The zero-order valence-electron chi connectivity index (χ0n) is 14.1. The molecule has 6 heteroatoms. The summed E-state index contributed by atoms with van der Waals surface area (Å²) in [5.41, 5.74) is 0.742. The first-order valence-corrected chi connectivity index (χ1v) is 7.31. The maximum atomic E-state index is 11.9. The Morgan fingerprint density at radius 1 is 1.24 bits per heavy atom. The van der Waals surface area contributed by atoms with Crippen molar-refractivity contribution in [1.82, 2.24) is 15.3 Å². The molecule has 0 aliphatic heterocycles. The smallest absolute Gasteiger partial charge is 0.242 e. The monoisotopic (exact) mass is 293 g/mol. The van der Waals surface area contributed by atoms with Gasteiger partial charge in [-0.2, -0.15) is 0 Å². The molecule has 1 aromatic heterocycles. The number of rotatable bonds is 5. The van der Waals surface area contributed by atoms with Crippen LogP contribution in [0.15, 0.2) is 0 Å². The molecule has 0 bridgehead atoms. The van der Waals surface area contributed by atoms with Crippen LogP contribution in [0.5, 0.6) is 0 Å². The third-order valence-electron chi connectivity index (χ3n) is 3.15. The Bertz CT molecular complexity index is 508. The van der Waals surface area contributed by atoms with E-state index in [-0.39, 0.29) is 17.4 Å². The molecule has 1 atom stereocenters. The van der Waals surface area contributed by atoms with Crippen LogP contribution in [0.25, 0.3) is 0 Å². The van der Waals surface area contributed by atoms with Crippen LogP contribution in [0.2, 0.25) is 0 Å². The van der Waals surface area contributed by atoms with Crippen LogP contribution in [-0.4, -0.2) is 35.5 Å². The van der Waals surface area contributed by atoms with Gasteiger partial charge in [0.05, 0.1) is 0 Å². The van der Waals surface area contributed by atoms with Gasteiger partial charge < -0.3 is 16.0 Å². The van der Waals surface area contributed by atoms with Crippen molar-refractivity contribution in [3.05, 3.63) is 11.4 Å². The molecular weight excluding hydrogens is 266 g/mol. The molecule has 0 saturated heterocycles. The molecule has 21 heavy (non-hydrogen) atoms. The number of carbonyl (C=O) groups is 1. The fourth-order valence-electron chi connectivity index (χ4n) is 1.83. The predicted molar refractivity (Wildman–Crippen MR) is 86.8 cm³/mol. The van der Waals surface area contributed by atoms with Crippen molar-refractivity contribution in [1.29, 1.82) is 0 Å². The summed E-state index contributed by atoms with van der Waals surface area (Å²) in [7, 11) is 1.83. The standard InChI is InChI=1S/C15H27N5O/c1-8-17-13(21)10(3)18-12-9(2)11(16-7)19-14(20-12)15(4,5)6/h10H,8H2,1-7H3,(H,17,21)(H2,16,18,19,20). The minimum absolute atomic E-state index is 0.0428. The Morgan fingerprint density at radius 3 is 2.29 bits per heavy atom. The molecule has 0 spiro atoms. The van der Waals surface area contributed by atoms with E-state index in [1.54, 1.807) is 0 Å². The summed E-state index contributed by atoms with van der Waals surface area (Å²) in [5, 5.41) is 9.06. The number of hydrogen-bond acceptors (Lipinski definition) is 5. The number of aromatic nitrogens is 2. The van der Waals surface area contributed by atoms with Gasteiger partial charge in [0, 0.05) is 24.6 Å². The molecule has 6 nitrogen and oxygen atoms in total. The minimum Gasteiger partial charge on any atom is -0.373 e. The van der Waals surface area contributed by atoms with Crippen molar-refractivity contribution in [2.24, 2.45) is 0 Å². The average Bonchev–Trinajstić information content (AvgIpc) is 2.39. The Labute approximate surface area is 127 Å². The summed E-state index contributed by atoms with van der Waals surface area (Å²) in [6.07, 6.45) is 0. The third-order valence-corrected chi connectivity index (χ3v) is 3.15. The summed E-state index contributed by atoms with van der Waals surface area (Å²) in [6, 6.07) is -0.351. The van der Waals surface area contributed by atoms with E-state index >= 15 is 0 Å². The maximum absolute atomic E-state index is 11.9. The minimum atomic E-state index is -0.351. The Kier molecular flexibility index (Phi) is 5.52. The quantitative estimate of drug-likeness (QED) is 0.774. The van der Waals surface area contributed by atoms with Crippen molar-refractivity contribution in [3.8, 4) is 0 Å². The molecule has 1 amide bonds. The van der Waals surface area contributed by atoms with E-state index in [1.807, 2.05) is 27.8 Å². The van der Waals surface area contributed by atoms with E-state index in [0.29, 0.717) is 12.4 Å². The molecule has 0 aromatic carbocycles. The van der Waals surface area contributed by atoms with Crippen LogP contribution in [0.4, 0.5) is 11.6 Å². The van der Waals surface area contributed by atoms with Crippen LogP contribution < -0.4 is 16.0 Å². The molecule has 118 valence electrons. The SMILES string of the molecule is CCNC(=O)C(C)Nc1nc(C(C)(C)C)nc(NC)c1C. The topological polar surface area (TPSA) is 78.9 Å². The lowest BCUT2D eigenvalue weighted by molar-refractivity contribution is -0.121. The van der Waals surface area contributed by atoms with E-state index < -0.39 is 0 Å². The molecular formula is C15H27N5O. The zero-order valence-corrected chi connectivity index (χ0v) is 14.1. The number of hydrogen-bond donors (Lipinski definition) is 3.